The third-order valence-corrected chi connectivity index (χ3v) is 3.83. The van der Waals surface area contributed by atoms with Crippen LogP contribution in [0.15, 0.2) is 23.1 Å². The maximum Gasteiger partial charge on any atom is 0.245 e. The minimum Gasteiger partial charge on any atom is -0.207 e. The molecule has 0 unspecified atom stereocenters. The van der Waals surface area contributed by atoms with Gasteiger partial charge in [0.1, 0.15) is 6.54 Å². The third kappa shape index (κ3) is 2.83. The van der Waals surface area contributed by atoms with Gasteiger partial charge in [-0.3, -0.25) is 0 Å². The molecular weight excluding hydrogens is 262 g/mol. The van der Waals surface area contributed by atoms with Crippen LogP contribution in [0.1, 0.15) is 0 Å². The maximum absolute atomic E-state index is 13.0. The molecule has 0 aliphatic rings. The van der Waals surface area contributed by atoms with Gasteiger partial charge in [0, 0.05) is 0 Å². The van der Waals surface area contributed by atoms with Crippen molar-refractivity contribution in [1.82, 2.24) is 4.31 Å². The molecule has 4 nitrogen and oxygen atoms in total. The first kappa shape index (κ1) is 14.1. The lowest BCUT2D eigenvalue weighted by Gasteiger charge is -2.16. The highest BCUT2D eigenvalue weighted by Gasteiger charge is 2.24. The summed E-state index contributed by atoms with van der Waals surface area (Å²) in [7, 11) is -4.10. The summed E-state index contributed by atoms with van der Waals surface area (Å²) < 4.78 is 50.3. The molecule has 0 atom stereocenters. The molecule has 1 rings (SSSR count). The van der Waals surface area contributed by atoms with Crippen molar-refractivity contribution in [3.63, 3.8) is 0 Å². The van der Waals surface area contributed by atoms with Crippen LogP contribution in [0.3, 0.4) is 0 Å². The minimum absolute atomic E-state index is 0.325. The van der Waals surface area contributed by atoms with Crippen molar-refractivity contribution in [3.8, 4) is 18.4 Å². The van der Waals surface area contributed by atoms with Crippen LogP contribution in [0.25, 0.3) is 0 Å². The maximum atomic E-state index is 13.0. The number of hydrogen-bond acceptors (Lipinski definition) is 3. The van der Waals surface area contributed by atoms with Gasteiger partial charge >= 0.3 is 0 Å². The van der Waals surface area contributed by atoms with E-state index in [9.17, 15) is 17.2 Å². The lowest BCUT2D eigenvalue weighted by molar-refractivity contribution is 0.476. The van der Waals surface area contributed by atoms with Gasteiger partial charge < -0.3 is 0 Å². The Morgan fingerprint density at radius 3 is 2.44 bits per heavy atom. The van der Waals surface area contributed by atoms with Gasteiger partial charge in [0.25, 0.3) is 0 Å². The van der Waals surface area contributed by atoms with Crippen LogP contribution in [-0.4, -0.2) is 25.8 Å². The molecule has 0 spiro atoms. The average molecular weight is 270 g/mol. The van der Waals surface area contributed by atoms with Crippen molar-refractivity contribution in [3.05, 3.63) is 29.8 Å². The van der Waals surface area contributed by atoms with Crippen LogP contribution in [0.4, 0.5) is 8.78 Å². The zero-order chi connectivity index (χ0) is 13.8. The second-order valence-electron chi connectivity index (χ2n) is 3.21. The number of nitrogens with zero attached hydrogens (tertiary/aromatic N) is 2. The number of sulfonamides is 1. The van der Waals surface area contributed by atoms with Gasteiger partial charge in [-0.2, -0.15) is 9.57 Å². The summed E-state index contributed by atoms with van der Waals surface area (Å²) >= 11 is 0. The molecule has 0 heterocycles. The topological polar surface area (TPSA) is 61.2 Å². The van der Waals surface area contributed by atoms with Crippen molar-refractivity contribution in [2.24, 2.45) is 0 Å². The lowest BCUT2D eigenvalue weighted by atomic mass is 10.3. The van der Waals surface area contributed by atoms with Crippen LogP contribution in [-0.2, 0) is 10.0 Å². The Balaban J connectivity index is 3.23. The van der Waals surface area contributed by atoms with Gasteiger partial charge in [-0.15, -0.1) is 6.42 Å². The Kier molecular flexibility index (Phi) is 4.38. The summed E-state index contributed by atoms with van der Waals surface area (Å²) in [5.74, 6) is -0.356. The van der Waals surface area contributed by atoms with Gasteiger partial charge in [-0.1, -0.05) is 5.92 Å². The molecule has 0 saturated carbocycles. The van der Waals surface area contributed by atoms with E-state index in [1.54, 1.807) is 6.07 Å². The lowest BCUT2D eigenvalue weighted by Crippen LogP contribution is -2.32. The van der Waals surface area contributed by atoms with Gasteiger partial charge in [0.15, 0.2) is 11.6 Å². The molecule has 1 aromatic rings. The van der Waals surface area contributed by atoms with E-state index in [1.807, 2.05) is 0 Å². The zero-order valence-corrected chi connectivity index (χ0v) is 9.92. The summed E-state index contributed by atoms with van der Waals surface area (Å²) in [4.78, 5) is -0.452. The van der Waals surface area contributed by atoms with E-state index >= 15 is 0 Å². The van der Waals surface area contributed by atoms with E-state index in [1.165, 1.54) is 0 Å². The highest BCUT2D eigenvalue weighted by molar-refractivity contribution is 7.89. The Morgan fingerprint density at radius 2 is 1.94 bits per heavy atom. The predicted octanol–water partition coefficient (Wildman–Crippen LogP) is 1.11. The van der Waals surface area contributed by atoms with Gasteiger partial charge in [-0.05, 0) is 18.2 Å². The van der Waals surface area contributed by atoms with Crippen molar-refractivity contribution >= 4 is 10.0 Å². The number of hydrogen-bond donors (Lipinski definition) is 0. The van der Waals surface area contributed by atoms with Gasteiger partial charge in [0.2, 0.25) is 10.0 Å². The SMILES string of the molecule is C#CCN(CC#N)S(=O)(=O)c1ccc(F)c(F)c1. The quantitative estimate of drug-likeness (QED) is 0.608. The first-order chi connectivity index (χ1) is 8.43. The highest BCUT2D eigenvalue weighted by atomic mass is 32.2. The minimum atomic E-state index is -4.10. The Morgan fingerprint density at radius 1 is 1.28 bits per heavy atom. The highest BCUT2D eigenvalue weighted by Crippen LogP contribution is 2.17. The Hall–Kier alpha value is -1.96. The molecule has 1 aromatic carbocycles. The molecule has 0 fully saturated rings. The molecule has 0 aliphatic carbocycles. The second-order valence-corrected chi connectivity index (χ2v) is 5.15. The van der Waals surface area contributed by atoms with Crippen LogP contribution in [0, 0.1) is 35.3 Å². The zero-order valence-electron chi connectivity index (χ0n) is 9.10. The fraction of sp³-hybridized carbons (Fsp3) is 0.182. The number of nitriles is 1. The van der Waals surface area contributed by atoms with Crippen molar-refractivity contribution in [1.29, 1.82) is 5.26 Å². The molecule has 7 heteroatoms. The van der Waals surface area contributed by atoms with Gasteiger partial charge in [-0.25, -0.2) is 17.2 Å². The molecule has 0 N–H and O–H groups in total. The van der Waals surface area contributed by atoms with E-state index < -0.39 is 33.1 Å². The summed E-state index contributed by atoms with van der Waals surface area (Å²) in [5.41, 5.74) is 0. The largest absolute Gasteiger partial charge is 0.245 e. The smallest absolute Gasteiger partial charge is 0.207 e. The first-order valence-electron chi connectivity index (χ1n) is 4.69. The number of benzene rings is 1. The monoisotopic (exact) mass is 270 g/mol. The molecule has 0 saturated heterocycles. The van der Waals surface area contributed by atoms with Crippen molar-refractivity contribution < 1.29 is 17.2 Å². The molecule has 94 valence electrons. The number of rotatable bonds is 4. The fourth-order valence-corrected chi connectivity index (χ4v) is 2.46. The summed E-state index contributed by atoms with van der Waals surface area (Å²) in [6.07, 6.45) is 4.99. The van der Waals surface area contributed by atoms with Crippen LogP contribution in [0.5, 0.6) is 0 Å². The van der Waals surface area contributed by atoms with E-state index in [2.05, 4.69) is 5.92 Å². The normalized spacial score (nSPS) is 10.9. The first-order valence-corrected chi connectivity index (χ1v) is 6.13. The molecule has 0 radical (unpaired) electrons. The fourth-order valence-electron chi connectivity index (χ4n) is 1.19. The van der Waals surface area contributed by atoms with Gasteiger partial charge in [0.05, 0.1) is 17.5 Å². The van der Waals surface area contributed by atoms with Crippen molar-refractivity contribution in [2.45, 2.75) is 4.90 Å². The number of terminal acetylenes is 1. The van der Waals surface area contributed by atoms with Crippen LogP contribution in [0.2, 0.25) is 0 Å². The van der Waals surface area contributed by atoms with E-state index in [4.69, 9.17) is 11.7 Å². The number of halogens is 2. The standard InChI is InChI=1S/C11H8F2N2O2S/c1-2-6-15(7-5-14)18(16,17)9-3-4-10(12)11(13)8-9/h1,3-4,8H,6-7H2. The predicted molar refractivity (Wildman–Crippen MR) is 59.6 cm³/mol. The van der Waals surface area contributed by atoms with E-state index in [0.717, 1.165) is 6.07 Å². The third-order valence-electron chi connectivity index (χ3n) is 2.04. The molecule has 0 aromatic heterocycles. The second kappa shape index (κ2) is 5.58. The molecular formula is C11H8F2N2O2S. The van der Waals surface area contributed by atoms with Crippen LogP contribution >= 0.6 is 0 Å². The summed E-state index contributed by atoms with van der Waals surface area (Å²) in [6, 6.07) is 3.79. The van der Waals surface area contributed by atoms with Crippen molar-refractivity contribution in [2.75, 3.05) is 13.1 Å². The van der Waals surface area contributed by atoms with E-state index in [0.29, 0.717) is 16.4 Å². The Labute approximate surface area is 103 Å². The molecule has 18 heavy (non-hydrogen) atoms. The van der Waals surface area contributed by atoms with Crippen LogP contribution < -0.4 is 0 Å². The summed E-state index contributed by atoms with van der Waals surface area (Å²) in [5, 5.41) is 8.51. The average Bonchev–Trinajstić information content (AvgIpc) is 2.32. The summed E-state index contributed by atoms with van der Waals surface area (Å²) in [6.45, 7) is -0.791. The molecule has 0 bridgehead atoms. The molecule has 0 aliphatic heterocycles. The molecule has 0 amide bonds. The van der Waals surface area contributed by atoms with E-state index in [-0.39, 0.29) is 6.54 Å². The Bertz CT molecular complexity index is 613.